The summed E-state index contributed by atoms with van der Waals surface area (Å²) in [6.07, 6.45) is 0.107. The van der Waals surface area contributed by atoms with E-state index in [2.05, 4.69) is 21.2 Å². The highest BCUT2D eigenvalue weighted by Gasteiger charge is 2.27. The van der Waals surface area contributed by atoms with Gasteiger partial charge in [0.25, 0.3) is 0 Å². The minimum Gasteiger partial charge on any atom is -0.314 e. The van der Waals surface area contributed by atoms with E-state index in [1.54, 1.807) is 0 Å². The Hall–Kier alpha value is -0.590. The van der Waals surface area contributed by atoms with Crippen LogP contribution in [0.25, 0.3) is 0 Å². The molecule has 0 radical (unpaired) electrons. The summed E-state index contributed by atoms with van der Waals surface area (Å²) in [7, 11) is 0. The van der Waals surface area contributed by atoms with Crippen LogP contribution in [0.1, 0.15) is 18.0 Å². The van der Waals surface area contributed by atoms with Crippen molar-refractivity contribution in [3.63, 3.8) is 0 Å². The van der Waals surface area contributed by atoms with Crippen LogP contribution in [0.15, 0.2) is 16.6 Å². The molecule has 1 atom stereocenters. The predicted molar refractivity (Wildman–Crippen MR) is 71.8 cm³/mol. The molecular weight excluding hydrogens is 321 g/mol. The average Bonchev–Trinajstić information content (AvgIpc) is 2.37. The van der Waals surface area contributed by atoms with Gasteiger partial charge in [-0.1, -0.05) is 15.9 Å². The molecule has 0 aromatic heterocycles. The number of piperazine rings is 1. The van der Waals surface area contributed by atoms with Gasteiger partial charge >= 0.3 is 0 Å². The van der Waals surface area contributed by atoms with Gasteiger partial charge in [-0.25, -0.2) is 8.78 Å². The first-order chi connectivity index (χ1) is 9.13. The number of alkyl halides is 1. The van der Waals surface area contributed by atoms with Gasteiger partial charge < -0.3 is 5.32 Å². The molecular formula is C13H16BrF3N2. The van der Waals surface area contributed by atoms with Crippen molar-refractivity contribution in [2.24, 2.45) is 0 Å². The minimum atomic E-state index is -0.621. The lowest BCUT2D eigenvalue weighted by atomic mass is 10.0. The normalized spacial score (nSPS) is 18.5. The van der Waals surface area contributed by atoms with Gasteiger partial charge in [0.15, 0.2) is 0 Å². The maximum atomic E-state index is 14.0. The third-order valence-electron chi connectivity index (χ3n) is 3.35. The maximum Gasteiger partial charge on any atom is 0.132 e. The van der Waals surface area contributed by atoms with E-state index in [9.17, 15) is 13.2 Å². The van der Waals surface area contributed by atoms with E-state index in [1.807, 2.05) is 4.90 Å². The Morgan fingerprint density at radius 1 is 1.21 bits per heavy atom. The summed E-state index contributed by atoms with van der Waals surface area (Å²) in [5.74, 6) is -1.24. The van der Waals surface area contributed by atoms with E-state index in [4.69, 9.17) is 0 Å². The molecule has 19 heavy (non-hydrogen) atoms. The zero-order valence-electron chi connectivity index (χ0n) is 10.4. The zero-order chi connectivity index (χ0) is 13.8. The van der Waals surface area contributed by atoms with Crippen LogP contribution in [0.4, 0.5) is 13.2 Å². The highest BCUT2D eigenvalue weighted by molar-refractivity contribution is 9.10. The fraction of sp³-hybridized carbons (Fsp3) is 0.538. The summed E-state index contributed by atoms with van der Waals surface area (Å²) in [5, 5.41) is 3.17. The maximum absolute atomic E-state index is 14.0. The van der Waals surface area contributed by atoms with E-state index in [0.29, 0.717) is 17.6 Å². The lowest BCUT2D eigenvalue weighted by molar-refractivity contribution is 0.151. The Kier molecular flexibility index (Phi) is 5.24. The van der Waals surface area contributed by atoms with E-state index >= 15 is 0 Å². The van der Waals surface area contributed by atoms with Crippen molar-refractivity contribution in [1.82, 2.24) is 10.2 Å². The van der Waals surface area contributed by atoms with Crippen LogP contribution in [0.3, 0.4) is 0 Å². The third-order valence-corrected chi connectivity index (χ3v) is 3.81. The molecule has 1 N–H and O–H groups in total. The van der Waals surface area contributed by atoms with Crippen molar-refractivity contribution >= 4 is 15.9 Å². The van der Waals surface area contributed by atoms with Crippen LogP contribution in [0.5, 0.6) is 0 Å². The predicted octanol–water partition coefficient (Wildman–Crippen LogP) is 3.03. The van der Waals surface area contributed by atoms with Crippen LogP contribution in [-0.4, -0.2) is 37.8 Å². The summed E-state index contributed by atoms with van der Waals surface area (Å²) in [5.41, 5.74) is -0.0252. The summed E-state index contributed by atoms with van der Waals surface area (Å²) < 4.78 is 41.1. The molecule has 1 aromatic carbocycles. The van der Waals surface area contributed by atoms with Gasteiger partial charge in [-0.15, -0.1) is 0 Å². The lowest BCUT2D eigenvalue weighted by Crippen LogP contribution is -2.45. The number of nitrogens with one attached hydrogen (secondary N) is 1. The first-order valence-corrected chi connectivity index (χ1v) is 7.08. The Balaban J connectivity index is 2.32. The number of halogens is 4. The SMILES string of the molecule is FCC[C@@H](c1c(F)cc(Br)cc1F)N1CCNCC1. The second-order valence-electron chi connectivity index (χ2n) is 4.56. The van der Waals surface area contributed by atoms with Gasteiger partial charge in [0.1, 0.15) is 11.6 Å². The van der Waals surface area contributed by atoms with E-state index < -0.39 is 24.4 Å². The van der Waals surface area contributed by atoms with E-state index in [0.717, 1.165) is 13.1 Å². The Bertz CT molecular complexity index is 413. The van der Waals surface area contributed by atoms with Crippen molar-refractivity contribution in [2.45, 2.75) is 12.5 Å². The molecule has 1 saturated heterocycles. The molecule has 1 aliphatic rings. The molecule has 0 unspecified atom stereocenters. The Morgan fingerprint density at radius 2 is 1.79 bits per heavy atom. The zero-order valence-corrected chi connectivity index (χ0v) is 12.0. The first-order valence-electron chi connectivity index (χ1n) is 6.28. The number of hydrogen-bond donors (Lipinski definition) is 1. The Labute approximate surface area is 119 Å². The number of rotatable bonds is 4. The highest BCUT2D eigenvalue weighted by atomic mass is 79.9. The van der Waals surface area contributed by atoms with Crippen LogP contribution in [-0.2, 0) is 0 Å². The van der Waals surface area contributed by atoms with Gasteiger partial charge in [0.2, 0.25) is 0 Å². The molecule has 0 aliphatic carbocycles. The number of benzene rings is 1. The van der Waals surface area contributed by atoms with Crippen molar-refractivity contribution in [3.05, 3.63) is 33.8 Å². The summed E-state index contributed by atoms with van der Waals surface area (Å²) >= 11 is 3.05. The van der Waals surface area contributed by atoms with Gasteiger partial charge in [-0.2, -0.15) is 0 Å². The molecule has 0 bridgehead atoms. The van der Waals surface area contributed by atoms with Crippen LogP contribution >= 0.6 is 15.9 Å². The molecule has 1 aliphatic heterocycles. The lowest BCUT2D eigenvalue weighted by Gasteiger charge is -2.35. The molecule has 106 valence electrons. The van der Waals surface area contributed by atoms with Crippen molar-refractivity contribution in [2.75, 3.05) is 32.9 Å². The summed E-state index contributed by atoms with van der Waals surface area (Å²) in [4.78, 5) is 1.94. The van der Waals surface area contributed by atoms with Gasteiger partial charge in [0, 0.05) is 42.3 Å². The average molecular weight is 337 g/mol. The van der Waals surface area contributed by atoms with Crippen LogP contribution < -0.4 is 5.32 Å². The minimum absolute atomic E-state index is 0.0252. The molecule has 1 heterocycles. The molecule has 6 heteroatoms. The molecule has 2 nitrogen and oxygen atoms in total. The molecule has 0 saturated carbocycles. The smallest absolute Gasteiger partial charge is 0.132 e. The second kappa shape index (κ2) is 6.72. The first kappa shape index (κ1) is 14.8. The molecule has 1 fully saturated rings. The molecule has 0 spiro atoms. The van der Waals surface area contributed by atoms with Gasteiger partial charge in [-0.05, 0) is 18.6 Å². The van der Waals surface area contributed by atoms with Crippen molar-refractivity contribution in [1.29, 1.82) is 0 Å². The fourth-order valence-electron chi connectivity index (χ4n) is 2.48. The topological polar surface area (TPSA) is 15.3 Å². The van der Waals surface area contributed by atoms with Gasteiger partial charge in [-0.3, -0.25) is 9.29 Å². The highest BCUT2D eigenvalue weighted by Crippen LogP contribution is 2.31. The van der Waals surface area contributed by atoms with Gasteiger partial charge in [0.05, 0.1) is 6.67 Å². The quantitative estimate of drug-likeness (QED) is 0.909. The monoisotopic (exact) mass is 336 g/mol. The Morgan fingerprint density at radius 3 is 2.32 bits per heavy atom. The standard InChI is InChI=1S/C13H16BrF3N2/c14-9-7-10(16)13(11(17)8-9)12(1-2-15)19-5-3-18-4-6-19/h7-8,12,18H,1-6H2/t12-/m0/s1. The largest absolute Gasteiger partial charge is 0.314 e. The third kappa shape index (κ3) is 3.49. The van der Waals surface area contributed by atoms with E-state index in [-0.39, 0.29) is 12.0 Å². The van der Waals surface area contributed by atoms with Crippen LogP contribution in [0.2, 0.25) is 0 Å². The molecule has 2 rings (SSSR count). The van der Waals surface area contributed by atoms with E-state index in [1.165, 1.54) is 12.1 Å². The number of hydrogen-bond acceptors (Lipinski definition) is 2. The molecule has 0 amide bonds. The van der Waals surface area contributed by atoms with Crippen LogP contribution in [0, 0.1) is 11.6 Å². The van der Waals surface area contributed by atoms with Crippen molar-refractivity contribution in [3.8, 4) is 0 Å². The number of nitrogens with zero attached hydrogens (tertiary/aromatic N) is 1. The fourth-order valence-corrected chi connectivity index (χ4v) is 2.88. The van der Waals surface area contributed by atoms with Crippen molar-refractivity contribution < 1.29 is 13.2 Å². The summed E-state index contributed by atoms with van der Waals surface area (Å²) in [6, 6.07) is 1.91. The second-order valence-corrected chi connectivity index (χ2v) is 5.48. The summed E-state index contributed by atoms with van der Waals surface area (Å²) in [6.45, 7) is 2.24. The molecule has 1 aromatic rings.